The molecule has 13 heavy (non-hydrogen) atoms. The summed E-state index contributed by atoms with van der Waals surface area (Å²) < 4.78 is 4.99. The number of hydroxylamine groups is 2. The Morgan fingerprint density at radius 2 is 2.31 bits per heavy atom. The number of hydrogen-bond acceptors (Lipinski definition) is 4. The van der Waals surface area contributed by atoms with Crippen LogP contribution in [-0.2, 0) is 6.54 Å². The lowest BCUT2D eigenvalue weighted by molar-refractivity contribution is -0.0736. The zero-order chi connectivity index (χ0) is 9.84. The van der Waals surface area contributed by atoms with Gasteiger partial charge in [0.2, 0.25) is 5.88 Å². The maximum absolute atomic E-state index is 9.01. The van der Waals surface area contributed by atoms with Crippen LogP contribution in [0.5, 0.6) is 5.88 Å². The van der Waals surface area contributed by atoms with Crippen LogP contribution in [0.15, 0.2) is 12.1 Å². The fourth-order valence-electron chi connectivity index (χ4n) is 0.990. The lowest BCUT2D eigenvalue weighted by Crippen LogP contribution is -2.12. The molecule has 0 saturated heterocycles. The SMILES string of the molecule is COc1nc(Cl)ccc1CN(C)O. The van der Waals surface area contributed by atoms with Crippen molar-refractivity contribution < 1.29 is 9.94 Å². The number of ether oxygens (including phenoxy) is 1. The highest BCUT2D eigenvalue weighted by Crippen LogP contribution is 2.19. The Labute approximate surface area is 81.7 Å². The summed E-state index contributed by atoms with van der Waals surface area (Å²) in [6.45, 7) is 0.355. The Morgan fingerprint density at radius 3 is 2.85 bits per heavy atom. The first-order valence-electron chi connectivity index (χ1n) is 3.73. The van der Waals surface area contributed by atoms with E-state index in [1.165, 1.54) is 7.11 Å². The van der Waals surface area contributed by atoms with Crippen molar-refractivity contribution in [1.82, 2.24) is 10.0 Å². The second-order valence-electron chi connectivity index (χ2n) is 2.62. The molecule has 1 aromatic heterocycles. The summed E-state index contributed by atoms with van der Waals surface area (Å²) in [6.07, 6.45) is 0. The Bertz CT molecular complexity index is 291. The largest absolute Gasteiger partial charge is 0.481 e. The van der Waals surface area contributed by atoms with E-state index in [-0.39, 0.29) is 0 Å². The number of hydrogen-bond donors (Lipinski definition) is 1. The van der Waals surface area contributed by atoms with Gasteiger partial charge in [-0.1, -0.05) is 11.6 Å². The van der Waals surface area contributed by atoms with Gasteiger partial charge in [0, 0.05) is 12.6 Å². The maximum Gasteiger partial charge on any atom is 0.219 e. The number of methoxy groups -OCH3 is 1. The molecule has 0 aliphatic rings. The van der Waals surface area contributed by atoms with Crippen molar-refractivity contribution in [3.05, 3.63) is 22.8 Å². The van der Waals surface area contributed by atoms with Crippen molar-refractivity contribution in [2.24, 2.45) is 0 Å². The van der Waals surface area contributed by atoms with Crippen LogP contribution >= 0.6 is 11.6 Å². The average Bonchev–Trinajstić information content (AvgIpc) is 2.07. The normalized spacial score (nSPS) is 10.5. The number of pyridine rings is 1. The molecule has 0 unspecified atom stereocenters. The van der Waals surface area contributed by atoms with Crippen LogP contribution in [0, 0.1) is 0 Å². The van der Waals surface area contributed by atoms with E-state index in [0.717, 1.165) is 10.6 Å². The number of nitrogens with zero attached hydrogens (tertiary/aromatic N) is 2. The van der Waals surface area contributed by atoms with Crippen LogP contribution in [0.4, 0.5) is 0 Å². The van der Waals surface area contributed by atoms with Gasteiger partial charge in [-0.05, 0) is 12.1 Å². The molecule has 0 aliphatic heterocycles. The average molecular weight is 203 g/mol. The van der Waals surface area contributed by atoms with Crippen LogP contribution in [0.2, 0.25) is 5.15 Å². The highest BCUT2D eigenvalue weighted by Gasteiger charge is 2.06. The van der Waals surface area contributed by atoms with Crippen molar-refractivity contribution in [2.75, 3.05) is 14.2 Å². The van der Waals surface area contributed by atoms with Crippen LogP contribution < -0.4 is 4.74 Å². The first kappa shape index (κ1) is 10.2. The minimum Gasteiger partial charge on any atom is -0.481 e. The van der Waals surface area contributed by atoms with E-state index in [1.54, 1.807) is 19.2 Å². The van der Waals surface area contributed by atoms with Crippen LogP contribution in [0.25, 0.3) is 0 Å². The Balaban J connectivity index is 2.92. The molecule has 0 aliphatic carbocycles. The molecule has 0 saturated carbocycles. The summed E-state index contributed by atoms with van der Waals surface area (Å²) in [4.78, 5) is 3.95. The zero-order valence-corrected chi connectivity index (χ0v) is 8.25. The van der Waals surface area contributed by atoms with Crippen molar-refractivity contribution >= 4 is 11.6 Å². The predicted molar refractivity (Wildman–Crippen MR) is 49.1 cm³/mol. The van der Waals surface area contributed by atoms with E-state index in [9.17, 15) is 0 Å². The minimum absolute atomic E-state index is 0.355. The van der Waals surface area contributed by atoms with Crippen LogP contribution in [0.1, 0.15) is 5.56 Å². The summed E-state index contributed by atoms with van der Waals surface area (Å²) in [6, 6.07) is 3.42. The highest BCUT2D eigenvalue weighted by atomic mass is 35.5. The van der Waals surface area contributed by atoms with E-state index >= 15 is 0 Å². The quantitative estimate of drug-likeness (QED) is 0.597. The van der Waals surface area contributed by atoms with Gasteiger partial charge in [-0.25, -0.2) is 4.98 Å². The van der Waals surface area contributed by atoms with Crippen LogP contribution in [-0.4, -0.2) is 29.4 Å². The molecule has 72 valence electrons. The summed E-state index contributed by atoms with van der Waals surface area (Å²) in [5.74, 6) is 0.438. The molecule has 0 atom stereocenters. The van der Waals surface area contributed by atoms with Crippen molar-refractivity contribution in [3.8, 4) is 5.88 Å². The summed E-state index contributed by atoms with van der Waals surface area (Å²) in [5.41, 5.74) is 0.789. The molecule has 4 nitrogen and oxygen atoms in total. The number of rotatable bonds is 3. The summed E-state index contributed by atoms with van der Waals surface area (Å²) >= 11 is 5.66. The Morgan fingerprint density at radius 1 is 1.62 bits per heavy atom. The molecule has 0 aromatic carbocycles. The molecule has 0 bridgehead atoms. The first-order chi connectivity index (χ1) is 6.13. The molecule has 0 spiro atoms. The molecule has 1 N–H and O–H groups in total. The summed E-state index contributed by atoms with van der Waals surface area (Å²) in [7, 11) is 3.06. The molecular weight excluding hydrogens is 192 g/mol. The number of aromatic nitrogens is 1. The lowest BCUT2D eigenvalue weighted by Gasteiger charge is -2.10. The molecule has 5 heteroatoms. The van der Waals surface area contributed by atoms with Gasteiger partial charge in [-0.3, -0.25) is 0 Å². The van der Waals surface area contributed by atoms with Crippen molar-refractivity contribution in [1.29, 1.82) is 0 Å². The second kappa shape index (κ2) is 4.41. The molecule has 1 aromatic rings. The molecular formula is C8H11ClN2O2. The van der Waals surface area contributed by atoms with Gasteiger partial charge in [0.05, 0.1) is 13.7 Å². The van der Waals surface area contributed by atoms with Gasteiger partial charge in [0.25, 0.3) is 0 Å². The van der Waals surface area contributed by atoms with E-state index in [2.05, 4.69) is 4.98 Å². The number of halogens is 1. The first-order valence-corrected chi connectivity index (χ1v) is 4.10. The van der Waals surface area contributed by atoms with Gasteiger partial charge < -0.3 is 9.94 Å². The smallest absolute Gasteiger partial charge is 0.219 e. The van der Waals surface area contributed by atoms with Gasteiger partial charge in [0.15, 0.2) is 0 Å². The third kappa shape index (κ3) is 2.84. The molecule has 1 heterocycles. The van der Waals surface area contributed by atoms with Gasteiger partial charge in [-0.2, -0.15) is 5.06 Å². The third-order valence-corrected chi connectivity index (χ3v) is 1.71. The standard InChI is InChI=1S/C8H11ClN2O2/c1-11(12)5-6-3-4-7(9)10-8(6)13-2/h3-4,12H,5H2,1-2H3. The zero-order valence-electron chi connectivity index (χ0n) is 7.49. The van der Waals surface area contributed by atoms with Crippen molar-refractivity contribution in [2.45, 2.75) is 6.54 Å². The third-order valence-electron chi connectivity index (χ3n) is 1.50. The second-order valence-corrected chi connectivity index (χ2v) is 3.01. The van der Waals surface area contributed by atoms with E-state index in [0.29, 0.717) is 17.6 Å². The van der Waals surface area contributed by atoms with E-state index < -0.39 is 0 Å². The molecule has 1 rings (SSSR count). The fraction of sp³-hybridized carbons (Fsp3) is 0.375. The Hall–Kier alpha value is -0.840. The molecule has 0 radical (unpaired) electrons. The summed E-state index contributed by atoms with van der Waals surface area (Å²) in [5, 5.41) is 10.4. The predicted octanol–water partition coefficient (Wildman–Crippen LogP) is 1.56. The van der Waals surface area contributed by atoms with Gasteiger partial charge >= 0.3 is 0 Å². The Kier molecular flexibility index (Phi) is 3.48. The van der Waals surface area contributed by atoms with E-state index in [4.69, 9.17) is 21.5 Å². The van der Waals surface area contributed by atoms with Crippen LogP contribution in [0.3, 0.4) is 0 Å². The fourth-order valence-corrected chi connectivity index (χ4v) is 1.13. The monoisotopic (exact) mass is 202 g/mol. The minimum atomic E-state index is 0.355. The topological polar surface area (TPSA) is 45.6 Å². The van der Waals surface area contributed by atoms with Crippen molar-refractivity contribution in [3.63, 3.8) is 0 Å². The maximum atomic E-state index is 9.01. The van der Waals surface area contributed by atoms with E-state index in [1.807, 2.05) is 0 Å². The lowest BCUT2D eigenvalue weighted by atomic mass is 10.2. The molecule has 0 amide bonds. The highest BCUT2D eigenvalue weighted by molar-refractivity contribution is 6.29. The van der Waals surface area contributed by atoms with Gasteiger partial charge in [0.1, 0.15) is 5.15 Å². The molecule has 0 fully saturated rings. The van der Waals surface area contributed by atoms with Gasteiger partial charge in [-0.15, -0.1) is 0 Å².